The number of carbonyl (C=O) groups is 1. The third-order valence-electron chi connectivity index (χ3n) is 6.40. The Kier molecular flexibility index (Phi) is 5.44. The number of amides is 1. The number of fused-ring (bicyclic) bond motifs is 1. The summed E-state index contributed by atoms with van der Waals surface area (Å²) in [6, 6.07) is 19.9. The monoisotopic (exact) mass is 441 g/mol. The van der Waals surface area contributed by atoms with Gasteiger partial charge < -0.3 is 16.2 Å². The molecule has 0 bridgehead atoms. The topological polar surface area (TPSA) is 109 Å². The van der Waals surface area contributed by atoms with Gasteiger partial charge in [-0.2, -0.15) is 5.10 Å². The van der Waals surface area contributed by atoms with E-state index < -0.39 is 5.91 Å². The SMILES string of the molecule is CCOCc1cc(C(N)=O)nn2c(-c3ccccc3)c(-c3ccc(C4(N)CCC4)cc3)nc12. The summed E-state index contributed by atoms with van der Waals surface area (Å²) in [5.41, 5.74) is 18.1. The van der Waals surface area contributed by atoms with Crippen LogP contribution in [0, 0.1) is 0 Å². The van der Waals surface area contributed by atoms with Gasteiger partial charge in [0.25, 0.3) is 5.91 Å². The smallest absolute Gasteiger partial charge is 0.269 e. The van der Waals surface area contributed by atoms with E-state index in [1.165, 1.54) is 6.42 Å². The van der Waals surface area contributed by atoms with Crippen LogP contribution in [0.25, 0.3) is 28.2 Å². The minimum atomic E-state index is -0.595. The Morgan fingerprint density at radius 1 is 1.09 bits per heavy atom. The van der Waals surface area contributed by atoms with E-state index in [1.54, 1.807) is 10.6 Å². The molecule has 1 aliphatic carbocycles. The number of nitrogens with two attached hydrogens (primary N) is 2. The Morgan fingerprint density at radius 2 is 1.82 bits per heavy atom. The van der Waals surface area contributed by atoms with Gasteiger partial charge in [-0.15, -0.1) is 0 Å². The van der Waals surface area contributed by atoms with Gasteiger partial charge in [0.05, 0.1) is 12.3 Å². The van der Waals surface area contributed by atoms with E-state index in [2.05, 4.69) is 29.4 Å². The summed E-state index contributed by atoms with van der Waals surface area (Å²) in [6.07, 6.45) is 3.19. The largest absolute Gasteiger partial charge is 0.377 e. The number of primary amides is 1. The molecule has 0 radical (unpaired) electrons. The van der Waals surface area contributed by atoms with Crippen LogP contribution >= 0.6 is 0 Å². The van der Waals surface area contributed by atoms with Gasteiger partial charge >= 0.3 is 0 Å². The van der Waals surface area contributed by atoms with Crippen molar-refractivity contribution in [3.05, 3.63) is 77.5 Å². The Labute approximate surface area is 192 Å². The van der Waals surface area contributed by atoms with E-state index in [4.69, 9.17) is 21.2 Å². The van der Waals surface area contributed by atoms with Crippen LogP contribution in [0.5, 0.6) is 0 Å². The van der Waals surface area contributed by atoms with Crippen molar-refractivity contribution in [2.75, 3.05) is 6.61 Å². The second-order valence-corrected chi connectivity index (χ2v) is 8.55. The van der Waals surface area contributed by atoms with Crippen molar-refractivity contribution in [2.45, 2.75) is 38.3 Å². The highest BCUT2D eigenvalue weighted by Crippen LogP contribution is 2.40. The first kappa shape index (κ1) is 21.3. The number of nitrogens with zero attached hydrogens (tertiary/aromatic N) is 3. The molecule has 4 N–H and O–H groups in total. The molecule has 7 nitrogen and oxygen atoms in total. The van der Waals surface area contributed by atoms with Crippen LogP contribution in [-0.2, 0) is 16.9 Å². The number of rotatable bonds is 7. The number of hydrogen-bond donors (Lipinski definition) is 2. The predicted octanol–water partition coefficient (Wildman–Crippen LogP) is 4.04. The van der Waals surface area contributed by atoms with Crippen LogP contribution in [0.4, 0.5) is 0 Å². The van der Waals surface area contributed by atoms with Crippen LogP contribution in [0.15, 0.2) is 60.7 Å². The zero-order valence-electron chi connectivity index (χ0n) is 18.6. The van der Waals surface area contributed by atoms with E-state index >= 15 is 0 Å². The maximum atomic E-state index is 12.0. The predicted molar refractivity (Wildman–Crippen MR) is 127 cm³/mol. The van der Waals surface area contributed by atoms with Gasteiger partial charge in [-0.25, -0.2) is 9.50 Å². The summed E-state index contributed by atoms with van der Waals surface area (Å²) in [5.74, 6) is -0.595. The Hall–Kier alpha value is -3.55. The highest BCUT2D eigenvalue weighted by Gasteiger charge is 2.34. The fourth-order valence-corrected chi connectivity index (χ4v) is 4.39. The zero-order valence-corrected chi connectivity index (χ0v) is 18.6. The zero-order chi connectivity index (χ0) is 23.0. The number of aromatic nitrogens is 3. The van der Waals surface area contributed by atoms with Crippen molar-refractivity contribution in [1.82, 2.24) is 14.6 Å². The van der Waals surface area contributed by atoms with Crippen LogP contribution < -0.4 is 11.5 Å². The average Bonchev–Trinajstić information content (AvgIpc) is 3.21. The van der Waals surface area contributed by atoms with Crippen LogP contribution in [0.2, 0.25) is 0 Å². The average molecular weight is 442 g/mol. The number of hydrogen-bond acceptors (Lipinski definition) is 5. The maximum Gasteiger partial charge on any atom is 0.269 e. The molecular weight excluding hydrogens is 414 g/mol. The third kappa shape index (κ3) is 3.79. The highest BCUT2D eigenvalue weighted by molar-refractivity contribution is 5.92. The fraction of sp³-hybridized carbons (Fsp3) is 0.269. The quantitative estimate of drug-likeness (QED) is 0.450. The van der Waals surface area contributed by atoms with E-state index in [-0.39, 0.29) is 11.2 Å². The van der Waals surface area contributed by atoms with Crippen LogP contribution in [0.3, 0.4) is 0 Å². The molecule has 168 valence electrons. The third-order valence-corrected chi connectivity index (χ3v) is 6.40. The van der Waals surface area contributed by atoms with Crippen molar-refractivity contribution in [3.63, 3.8) is 0 Å². The highest BCUT2D eigenvalue weighted by atomic mass is 16.5. The van der Waals surface area contributed by atoms with Gasteiger partial charge in [-0.1, -0.05) is 54.6 Å². The lowest BCUT2D eigenvalue weighted by atomic mass is 9.72. The molecule has 4 aromatic rings. The lowest BCUT2D eigenvalue weighted by Crippen LogP contribution is -2.43. The molecular formula is C26H27N5O2. The minimum absolute atomic E-state index is 0.170. The van der Waals surface area contributed by atoms with Crippen molar-refractivity contribution < 1.29 is 9.53 Å². The first-order valence-corrected chi connectivity index (χ1v) is 11.3. The molecule has 2 heterocycles. The number of carbonyl (C=O) groups excluding carboxylic acids is 1. The molecule has 0 aliphatic heterocycles. The van der Waals surface area contributed by atoms with Gasteiger partial charge in [0.2, 0.25) is 0 Å². The number of imidazole rings is 1. The molecule has 0 unspecified atom stereocenters. The lowest BCUT2D eigenvalue weighted by Gasteiger charge is -2.38. The molecule has 7 heteroatoms. The molecule has 0 spiro atoms. The van der Waals surface area contributed by atoms with E-state index in [9.17, 15) is 4.79 Å². The molecule has 0 saturated heterocycles. The Bertz CT molecular complexity index is 1310. The van der Waals surface area contributed by atoms with Gasteiger partial charge in [0, 0.05) is 28.8 Å². The molecule has 2 aromatic carbocycles. The molecule has 1 amide bonds. The molecule has 5 rings (SSSR count). The minimum Gasteiger partial charge on any atom is -0.377 e. The number of ether oxygens (including phenoxy) is 1. The van der Waals surface area contributed by atoms with E-state index in [0.717, 1.165) is 46.5 Å². The molecule has 1 saturated carbocycles. The second-order valence-electron chi connectivity index (χ2n) is 8.55. The summed E-state index contributed by atoms with van der Waals surface area (Å²) in [6.45, 7) is 2.78. The van der Waals surface area contributed by atoms with Crippen molar-refractivity contribution in [2.24, 2.45) is 11.5 Å². The van der Waals surface area contributed by atoms with Crippen molar-refractivity contribution in [3.8, 4) is 22.5 Å². The van der Waals surface area contributed by atoms with Gasteiger partial charge in [-0.05, 0) is 37.8 Å². The standard InChI is InChI=1S/C26H27N5O2/c1-2-33-16-19-15-21(24(27)32)30-31-23(18-7-4-3-5-8-18)22(29-25(19)31)17-9-11-20(12-10-17)26(28)13-6-14-26/h3-5,7-12,15H,2,6,13-14,16,28H2,1H3,(H2,27,32). The summed E-state index contributed by atoms with van der Waals surface area (Å²) in [5, 5.41) is 4.55. The molecule has 0 atom stereocenters. The second kappa shape index (κ2) is 8.42. The number of benzene rings is 2. The molecule has 1 aliphatic rings. The van der Waals surface area contributed by atoms with Crippen molar-refractivity contribution in [1.29, 1.82) is 0 Å². The Balaban J connectivity index is 1.73. The Morgan fingerprint density at radius 3 is 2.42 bits per heavy atom. The summed E-state index contributed by atoms with van der Waals surface area (Å²) < 4.78 is 7.36. The maximum absolute atomic E-state index is 12.0. The molecule has 2 aromatic heterocycles. The first-order chi connectivity index (χ1) is 16.0. The first-order valence-electron chi connectivity index (χ1n) is 11.3. The van der Waals surface area contributed by atoms with Gasteiger partial charge in [0.1, 0.15) is 11.4 Å². The molecule has 1 fully saturated rings. The van der Waals surface area contributed by atoms with Crippen LogP contribution in [0.1, 0.15) is 47.8 Å². The summed E-state index contributed by atoms with van der Waals surface area (Å²) >= 11 is 0. The van der Waals surface area contributed by atoms with Crippen LogP contribution in [-0.4, -0.2) is 27.1 Å². The fourth-order valence-electron chi connectivity index (χ4n) is 4.39. The van der Waals surface area contributed by atoms with E-state index in [1.807, 2.05) is 37.3 Å². The van der Waals surface area contributed by atoms with Crippen molar-refractivity contribution >= 4 is 11.6 Å². The normalized spacial score (nSPS) is 14.8. The van der Waals surface area contributed by atoms with Gasteiger partial charge in [-0.3, -0.25) is 4.79 Å². The molecule has 33 heavy (non-hydrogen) atoms. The summed E-state index contributed by atoms with van der Waals surface area (Å²) in [4.78, 5) is 17.0. The summed E-state index contributed by atoms with van der Waals surface area (Å²) in [7, 11) is 0. The van der Waals surface area contributed by atoms with Gasteiger partial charge in [0.15, 0.2) is 5.65 Å². The lowest BCUT2D eigenvalue weighted by molar-refractivity contribution is 0.0993. The van der Waals surface area contributed by atoms with E-state index in [0.29, 0.717) is 18.9 Å².